The van der Waals surface area contributed by atoms with Crippen molar-refractivity contribution in [3.63, 3.8) is 0 Å². The van der Waals surface area contributed by atoms with Crippen LogP contribution in [0.15, 0.2) is 66.2 Å². The van der Waals surface area contributed by atoms with Crippen molar-refractivity contribution in [2.24, 2.45) is 4.99 Å². The number of aliphatic imine (C=N–C) groups is 1. The molecule has 2 aromatic rings. The van der Waals surface area contributed by atoms with Crippen LogP contribution in [0, 0.1) is 5.82 Å². The predicted octanol–water partition coefficient (Wildman–Crippen LogP) is 3.26. The van der Waals surface area contributed by atoms with Crippen LogP contribution in [0.25, 0.3) is 0 Å². The number of nitrogens with zero attached hydrogens (tertiary/aromatic N) is 1. The molecule has 0 saturated carbocycles. The molecule has 2 N–H and O–H groups in total. The normalized spacial score (nSPS) is 11.0. The number of guanidine groups is 1. The molecule has 2 aromatic carbocycles. The van der Waals surface area contributed by atoms with Crippen LogP contribution in [0.1, 0.15) is 11.1 Å². The lowest BCUT2D eigenvalue weighted by Crippen LogP contribution is -2.36. The molecule has 126 valence electrons. The Morgan fingerprint density at radius 2 is 1.71 bits per heavy atom. The fourth-order valence-corrected chi connectivity index (χ4v) is 2.16. The standard InChI is InChI=1S/C19H22FN3O/c1-3-12-24-18-11-7-5-9-16(18)14-23-19(21-2)22-13-15-8-4-6-10-17(15)20/h3-11H,1,12-14H2,2H3,(H2,21,22,23). The number of rotatable bonds is 7. The summed E-state index contributed by atoms with van der Waals surface area (Å²) in [6.45, 7) is 5.02. The second kappa shape index (κ2) is 9.35. The highest BCUT2D eigenvalue weighted by Crippen LogP contribution is 2.17. The third-order valence-corrected chi connectivity index (χ3v) is 3.40. The van der Waals surface area contributed by atoms with Gasteiger partial charge in [0.2, 0.25) is 0 Å². The topological polar surface area (TPSA) is 45.6 Å². The minimum absolute atomic E-state index is 0.233. The van der Waals surface area contributed by atoms with Gasteiger partial charge in [0.05, 0.1) is 0 Å². The first-order valence-electron chi connectivity index (χ1n) is 7.74. The summed E-state index contributed by atoms with van der Waals surface area (Å²) in [5.41, 5.74) is 1.60. The Morgan fingerprint density at radius 3 is 2.38 bits per heavy atom. The van der Waals surface area contributed by atoms with Crippen molar-refractivity contribution in [1.29, 1.82) is 0 Å². The van der Waals surface area contributed by atoms with E-state index < -0.39 is 0 Å². The van der Waals surface area contributed by atoms with Crippen molar-refractivity contribution < 1.29 is 9.13 Å². The van der Waals surface area contributed by atoms with Gasteiger partial charge in [0.15, 0.2) is 5.96 Å². The number of ether oxygens (including phenoxy) is 1. The van der Waals surface area contributed by atoms with E-state index in [1.165, 1.54) is 6.07 Å². The van der Waals surface area contributed by atoms with E-state index in [2.05, 4.69) is 22.2 Å². The number of hydrogen-bond donors (Lipinski definition) is 2. The summed E-state index contributed by atoms with van der Waals surface area (Å²) in [6.07, 6.45) is 1.71. The van der Waals surface area contributed by atoms with Crippen LogP contribution in [0.5, 0.6) is 5.75 Å². The van der Waals surface area contributed by atoms with Crippen LogP contribution in [-0.4, -0.2) is 19.6 Å². The lowest BCUT2D eigenvalue weighted by atomic mass is 10.2. The molecule has 4 nitrogen and oxygen atoms in total. The van der Waals surface area contributed by atoms with E-state index in [1.54, 1.807) is 25.3 Å². The van der Waals surface area contributed by atoms with Gasteiger partial charge in [0.25, 0.3) is 0 Å². The summed E-state index contributed by atoms with van der Waals surface area (Å²) in [4.78, 5) is 4.15. The summed E-state index contributed by atoms with van der Waals surface area (Å²) >= 11 is 0. The zero-order valence-corrected chi connectivity index (χ0v) is 13.8. The number of nitrogens with one attached hydrogen (secondary N) is 2. The first-order valence-corrected chi connectivity index (χ1v) is 7.74. The van der Waals surface area contributed by atoms with Gasteiger partial charge < -0.3 is 15.4 Å². The predicted molar refractivity (Wildman–Crippen MR) is 95.6 cm³/mol. The third kappa shape index (κ3) is 5.12. The van der Waals surface area contributed by atoms with Crippen LogP contribution in [-0.2, 0) is 13.1 Å². The summed E-state index contributed by atoms with van der Waals surface area (Å²) in [5.74, 6) is 1.16. The molecule has 0 atom stereocenters. The molecule has 0 bridgehead atoms. The van der Waals surface area contributed by atoms with E-state index in [9.17, 15) is 4.39 Å². The number of hydrogen-bond acceptors (Lipinski definition) is 2. The number of para-hydroxylation sites is 1. The van der Waals surface area contributed by atoms with Crippen molar-refractivity contribution in [2.75, 3.05) is 13.7 Å². The summed E-state index contributed by atoms with van der Waals surface area (Å²) < 4.78 is 19.3. The van der Waals surface area contributed by atoms with Crippen LogP contribution in [0.2, 0.25) is 0 Å². The van der Waals surface area contributed by atoms with Crippen molar-refractivity contribution >= 4 is 5.96 Å². The zero-order valence-electron chi connectivity index (χ0n) is 13.8. The Labute approximate surface area is 142 Å². The average Bonchev–Trinajstić information content (AvgIpc) is 2.62. The highest BCUT2D eigenvalue weighted by molar-refractivity contribution is 5.79. The molecule has 0 aliphatic rings. The largest absolute Gasteiger partial charge is 0.489 e. The molecule has 0 heterocycles. The first kappa shape index (κ1) is 17.5. The van der Waals surface area contributed by atoms with Crippen molar-refractivity contribution in [3.05, 3.63) is 78.1 Å². The van der Waals surface area contributed by atoms with Crippen molar-refractivity contribution in [1.82, 2.24) is 10.6 Å². The Bertz CT molecular complexity index is 701. The summed E-state index contributed by atoms with van der Waals surface area (Å²) in [5, 5.41) is 6.30. The molecule has 2 rings (SSSR count). The smallest absolute Gasteiger partial charge is 0.191 e. The molecule has 5 heteroatoms. The van der Waals surface area contributed by atoms with Crippen LogP contribution >= 0.6 is 0 Å². The van der Waals surface area contributed by atoms with E-state index in [4.69, 9.17) is 4.74 Å². The van der Waals surface area contributed by atoms with Gasteiger partial charge in [-0.05, 0) is 12.1 Å². The molecular weight excluding hydrogens is 305 g/mol. The molecule has 0 amide bonds. The molecular formula is C19H22FN3O. The highest BCUT2D eigenvalue weighted by atomic mass is 19.1. The van der Waals surface area contributed by atoms with Gasteiger partial charge in [0.1, 0.15) is 18.2 Å². The lowest BCUT2D eigenvalue weighted by molar-refractivity contribution is 0.358. The Hall–Kier alpha value is -2.82. The highest BCUT2D eigenvalue weighted by Gasteiger charge is 2.05. The molecule has 0 saturated heterocycles. The molecule has 24 heavy (non-hydrogen) atoms. The monoisotopic (exact) mass is 327 g/mol. The number of benzene rings is 2. The lowest BCUT2D eigenvalue weighted by Gasteiger charge is -2.14. The quantitative estimate of drug-likeness (QED) is 0.466. The Morgan fingerprint density at radius 1 is 1.08 bits per heavy atom. The van der Waals surface area contributed by atoms with Gasteiger partial charge in [0, 0.05) is 31.3 Å². The maximum atomic E-state index is 13.6. The molecule has 0 fully saturated rings. The van der Waals surface area contributed by atoms with Gasteiger partial charge in [-0.3, -0.25) is 4.99 Å². The summed E-state index contributed by atoms with van der Waals surface area (Å²) in [6, 6.07) is 14.4. The second-order valence-electron chi connectivity index (χ2n) is 5.08. The van der Waals surface area contributed by atoms with Crippen LogP contribution in [0.4, 0.5) is 4.39 Å². The van der Waals surface area contributed by atoms with Gasteiger partial charge >= 0.3 is 0 Å². The molecule has 0 aliphatic carbocycles. The average molecular weight is 327 g/mol. The maximum Gasteiger partial charge on any atom is 0.191 e. The third-order valence-electron chi connectivity index (χ3n) is 3.40. The van der Waals surface area contributed by atoms with E-state index in [1.807, 2.05) is 30.3 Å². The van der Waals surface area contributed by atoms with E-state index >= 15 is 0 Å². The van der Waals surface area contributed by atoms with Gasteiger partial charge in [-0.25, -0.2) is 4.39 Å². The maximum absolute atomic E-state index is 13.6. The molecule has 0 aromatic heterocycles. The summed E-state index contributed by atoms with van der Waals surface area (Å²) in [7, 11) is 1.68. The Kier molecular flexibility index (Phi) is 6.83. The van der Waals surface area contributed by atoms with E-state index in [0.717, 1.165) is 11.3 Å². The van der Waals surface area contributed by atoms with Crippen LogP contribution < -0.4 is 15.4 Å². The molecule has 0 spiro atoms. The molecule has 0 radical (unpaired) electrons. The Balaban J connectivity index is 1.92. The minimum atomic E-state index is -0.233. The molecule has 0 aliphatic heterocycles. The van der Waals surface area contributed by atoms with Crippen molar-refractivity contribution in [2.45, 2.75) is 13.1 Å². The molecule has 0 unspecified atom stereocenters. The van der Waals surface area contributed by atoms with Gasteiger partial charge in [-0.15, -0.1) is 0 Å². The fraction of sp³-hybridized carbons (Fsp3) is 0.211. The van der Waals surface area contributed by atoms with E-state index in [-0.39, 0.29) is 5.82 Å². The second-order valence-corrected chi connectivity index (χ2v) is 5.08. The fourth-order valence-electron chi connectivity index (χ4n) is 2.16. The van der Waals surface area contributed by atoms with Crippen LogP contribution in [0.3, 0.4) is 0 Å². The first-order chi connectivity index (χ1) is 11.7. The van der Waals surface area contributed by atoms with Gasteiger partial charge in [-0.2, -0.15) is 0 Å². The van der Waals surface area contributed by atoms with Gasteiger partial charge in [-0.1, -0.05) is 49.1 Å². The number of halogens is 1. The van der Waals surface area contributed by atoms with E-state index in [0.29, 0.717) is 31.2 Å². The minimum Gasteiger partial charge on any atom is -0.489 e. The zero-order chi connectivity index (χ0) is 17.2. The SMILES string of the molecule is C=CCOc1ccccc1CNC(=NC)NCc1ccccc1F. The van der Waals surface area contributed by atoms with Crippen molar-refractivity contribution in [3.8, 4) is 5.75 Å².